The van der Waals surface area contributed by atoms with Crippen LogP contribution in [0.1, 0.15) is 24.2 Å². The van der Waals surface area contributed by atoms with E-state index in [1.54, 1.807) is 30.3 Å². The summed E-state index contributed by atoms with van der Waals surface area (Å²) in [7, 11) is 0. The fourth-order valence-electron chi connectivity index (χ4n) is 2.31. The fraction of sp³-hybridized carbons (Fsp3) is 0.118. The Kier molecular flexibility index (Phi) is 5.36. The number of nitrogens with one attached hydrogen (secondary N) is 2. The minimum absolute atomic E-state index is 0.345. The summed E-state index contributed by atoms with van der Waals surface area (Å²) in [5, 5.41) is 1.17. The average Bonchev–Trinajstić information content (AvgIpc) is 2.95. The summed E-state index contributed by atoms with van der Waals surface area (Å²) in [6.45, 7) is 4.00. The van der Waals surface area contributed by atoms with Crippen molar-refractivity contribution in [3.05, 3.63) is 58.9 Å². The quantitative estimate of drug-likeness (QED) is 0.372. The number of nitrogen functional groups attached to an aromatic ring is 1. The lowest BCUT2D eigenvalue weighted by atomic mass is 10.0. The van der Waals surface area contributed by atoms with Gasteiger partial charge < -0.3 is 4.98 Å². The van der Waals surface area contributed by atoms with E-state index in [-0.39, 0.29) is 5.82 Å². The van der Waals surface area contributed by atoms with Gasteiger partial charge in [-0.05, 0) is 48.0 Å². The predicted molar refractivity (Wildman–Crippen MR) is 91.7 cm³/mol. The largest absolute Gasteiger partial charge is 0.354 e. The number of halogens is 2. The molecule has 0 fully saturated rings. The van der Waals surface area contributed by atoms with Crippen molar-refractivity contribution < 1.29 is 9.18 Å². The molecule has 6 heteroatoms. The van der Waals surface area contributed by atoms with Gasteiger partial charge in [0.2, 0.25) is 0 Å². The van der Waals surface area contributed by atoms with Crippen LogP contribution in [-0.4, -0.2) is 10.9 Å². The molecular weight excluding hydrogens is 317 g/mol. The van der Waals surface area contributed by atoms with Crippen LogP contribution >= 0.6 is 11.6 Å². The Hall–Kier alpha value is -2.37. The Morgan fingerprint density at radius 2 is 1.83 bits per heavy atom. The second kappa shape index (κ2) is 7.26. The van der Waals surface area contributed by atoms with E-state index < -0.39 is 5.91 Å². The molecule has 23 heavy (non-hydrogen) atoms. The van der Waals surface area contributed by atoms with E-state index in [0.717, 1.165) is 5.52 Å². The number of fused-ring (bicyclic) bond motifs is 1. The van der Waals surface area contributed by atoms with Crippen LogP contribution in [0.2, 0.25) is 5.02 Å². The highest BCUT2D eigenvalue weighted by atomic mass is 35.5. The van der Waals surface area contributed by atoms with Gasteiger partial charge in [0.15, 0.2) is 0 Å². The molecule has 2 aromatic carbocycles. The summed E-state index contributed by atoms with van der Waals surface area (Å²) in [5.74, 6) is 4.47. The van der Waals surface area contributed by atoms with Gasteiger partial charge in [0.1, 0.15) is 5.82 Å². The Balaban J connectivity index is 0.000000924. The van der Waals surface area contributed by atoms with Crippen molar-refractivity contribution >= 4 is 28.4 Å². The predicted octanol–water partition coefficient (Wildman–Crippen LogP) is 4.26. The highest BCUT2D eigenvalue weighted by Gasteiger charge is 2.19. The van der Waals surface area contributed by atoms with Crippen LogP contribution in [0.25, 0.3) is 22.2 Å². The zero-order chi connectivity index (χ0) is 17.0. The lowest BCUT2D eigenvalue weighted by Gasteiger charge is -2.04. The van der Waals surface area contributed by atoms with Crippen molar-refractivity contribution in [2.45, 2.75) is 13.8 Å². The lowest BCUT2D eigenvalue weighted by Crippen LogP contribution is -2.30. The van der Waals surface area contributed by atoms with Gasteiger partial charge in [-0.15, -0.1) is 0 Å². The molecule has 0 spiro atoms. The van der Waals surface area contributed by atoms with E-state index in [0.29, 0.717) is 27.2 Å². The molecule has 120 valence electrons. The van der Waals surface area contributed by atoms with Gasteiger partial charge in [0.25, 0.3) is 5.91 Å². The summed E-state index contributed by atoms with van der Waals surface area (Å²) in [4.78, 5) is 15.2. The number of rotatable bonds is 2. The summed E-state index contributed by atoms with van der Waals surface area (Å²) in [6.07, 6.45) is 0. The maximum atomic E-state index is 13.1. The van der Waals surface area contributed by atoms with E-state index in [9.17, 15) is 9.18 Å². The second-order valence-electron chi connectivity index (χ2n) is 4.55. The molecule has 0 saturated heterocycles. The molecule has 0 aliphatic rings. The van der Waals surface area contributed by atoms with Gasteiger partial charge in [-0.2, -0.15) is 0 Å². The number of hydrogen-bond acceptors (Lipinski definition) is 2. The zero-order valence-electron chi connectivity index (χ0n) is 12.8. The number of benzene rings is 2. The maximum Gasteiger partial charge on any atom is 0.267 e. The average molecular weight is 334 g/mol. The summed E-state index contributed by atoms with van der Waals surface area (Å²) < 4.78 is 13.1. The van der Waals surface area contributed by atoms with Gasteiger partial charge in [-0.1, -0.05) is 25.4 Å². The molecule has 4 nitrogen and oxygen atoms in total. The molecule has 1 heterocycles. The van der Waals surface area contributed by atoms with Gasteiger partial charge in [0.05, 0.1) is 11.3 Å². The Bertz CT molecular complexity index is 828. The number of H-pyrrole nitrogens is 1. The molecule has 1 amide bonds. The first-order chi connectivity index (χ1) is 11.1. The minimum Gasteiger partial charge on any atom is -0.354 e. The molecule has 3 aromatic rings. The third-order valence-electron chi connectivity index (χ3n) is 3.25. The van der Waals surface area contributed by atoms with Crippen molar-refractivity contribution in [2.75, 3.05) is 0 Å². The molecule has 0 unspecified atom stereocenters. The van der Waals surface area contributed by atoms with E-state index in [1.807, 2.05) is 13.8 Å². The molecule has 0 atom stereocenters. The van der Waals surface area contributed by atoms with E-state index in [1.165, 1.54) is 12.1 Å². The zero-order valence-corrected chi connectivity index (χ0v) is 13.5. The van der Waals surface area contributed by atoms with E-state index >= 15 is 0 Å². The molecule has 0 aliphatic carbocycles. The maximum absolute atomic E-state index is 13.1. The number of hydrogen-bond donors (Lipinski definition) is 3. The van der Waals surface area contributed by atoms with Crippen LogP contribution in [0, 0.1) is 5.82 Å². The van der Waals surface area contributed by atoms with Crippen molar-refractivity contribution in [1.29, 1.82) is 0 Å². The van der Waals surface area contributed by atoms with Crippen molar-refractivity contribution in [2.24, 2.45) is 5.84 Å². The Morgan fingerprint density at radius 3 is 2.43 bits per heavy atom. The van der Waals surface area contributed by atoms with Gasteiger partial charge in [0, 0.05) is 15.9 Å². The van der Waals surface area contributed by atoms with Crippen molar-refractivity contribution in [1.82, 2.24) is 10.4 Å². The molecular formula is C17H17ClFN3O. The van der Waals surface area contributed by atoms with Crippen molar-refractivity contribution in [3.8, 4) is 11.3 Å². The SMILES string of the molecule is CC.NNC(=O)c1c(-c2ccc(F)cc2)[nH]c2ccc(Cl)cc12. The van der Waals surface area contributed by atoms with Crippen LogP contribution in [0.3, 0.4) is 0 Å². The van der Waals surface area contributed by atoms with Crippen LogP contribution in [0.4, 0.5) is 4.39 Å². The third-order valence-corrected chi connectivity index (χ3v) is 3.49. The monoisotopic (exact) mass is 333 g/mol. The Morgan fingerprint density at radius 1 is 1.17 bits per heavy atom. The number of nitrogens with two attached hydrogens (primary N) is 1. The fourth-order valence-corrected chi connectivity index (χ4v) is 2.48. The van der Waals surface area contributed by atoms with Gasteiger partial charge >= 0.3 is 0 Å². The van der Waals surface area contributed by atoms with Gasteiger partial charge in [-0.3, -0.25) is 10.2 Å². The summed E-state index contributed by atoms with van der Waals surface area (Å²) in [5.41, 5.74) is 4.50. The third kappa shape index (κ3) is 3.36. The first-order valence-electron chi connectivity index (χ1n) is 7.18. The number of hydrazine groups is 1. The molecule has 0 bridgehead atoms. The first kappa shape index (κ1) is 17.0. The molecule has 1 aromatic heterocycles. The van der Waals surface area contributed by atoms with E-state index in [2.05, 4.69) is 10.4 Å². The first-order valence-corrected chi connectivity index (χ1v) is 7.56. The second-order valence-corrected chi connectivity index (χ2v) is 4.98. The van der Waals surface area contributed by atoms with Crippen LogP contribution in [0.15, 0.2) is 42.5 Å². The number of carbonyl (C=O) groups excluding carboxylic acids is 1. The van der Waals surface area contributed by atoms with Crippen molar-refractivity contribution in [3.63, 3.8) is 0 Å². The normalized spacial score (nSPS) is 10.1. The molecule has 0 saturated carbocycles. The van der Waals surface area contributed by atoms with Gasteiger partial charge in [-0.25, -0.2) is 10.2 Å². The highest BCUT2D eigenvalue weighted by molar-refractivity contribution is 6.31. The smallest absolute Gasteiger partial charge is 0.267 e. The number of amides is 1. The molecule has 4 N–H and O–H groups in total. The van der Waals surface area contributed by atoms with Crippen LogP contribution in [0.5, 0.6) is 0 Å². The molecule has 3 rings (SSSR count). The summed E-state index contributed by atoms with van der Waals surface area (Å²) in [6, 6.07) is 11.0. The number of aromatic nitrogens is 1. The topological polar surface area (TPSA) is 70.9 Å². The lowest BCUT2D eigenvalue weighted by molar-refractivity contribution is 0.0956. The van der Waals surface area contributed by atoms with Crippen LogP contribution in [-0.2, 0) is 0 Å². The number of aromatic amines is 1. The highest BCUT2D eigenvalue weighted by Crippen LogP contribution is 2.32. The minimum atomic E-state index is -0.442. The summed E-state index contributed by atoms with van der Waals surface area (Å²) >= 11 is 5.99. The Labute approximate surface area is 138 Å². The van der Waals surface area contributed by atoms with E-state index in [4.69, 9.17) is 17.4 Å². The molecule has 0 aliphatic heterocycles. The van der Waals surface area contributed by atoms with Crippen LogP contribution < -0.4 is 11.3 Å². The number of carbonyl (C=O) groups is 1. The molecule has 0 radical (unpaired) electrons. The standard InChI is InChI=1S/C15H11ClFN3O.C2H6/c16-9-3-6-12-11(7-9)13(15(21)20-18)14(19-12)8-1-4-10(17)5-2-8;1-2/h1-7,19H,18H2,(H,20,21);1-2H3.